The molecule has 0 aromatic heterocycles. The Morgan fingerprint density at radius 3 is 2.31 bits per heavy atom. The van der Waals surface area contributed by atoms with Crippen LogP contribution in [-0.2, 0) is 32.7 Å². The average molecular weight is 457 g/mol. The van der Waals surface area contributed by atoms with Crippen molar-refractivity contribution in [2.75, 3.05) is 7.11 Å². The molecule has 1 heterocycles. The molecule has 8 heteroatoms. The van der Waals surface area contributed by atoms with Crippen molar-refractivity contribution in [2.45, 2.75) is 50.6 Å². The Bertz CT molecular complexity index is 1120. The largest absolute Gasteiger partial charge is 0.495 e. The van der Waals surface area contributed by atoms with Gasteiger partial charge in [0.2, 0.25) is 21.8 Å². The monoisotopic (exact) mass is 456 g/mol. The number of imide groups is 1. The van der Waals surface area contributed by atoms with Crippen LogP contribution in [0.4, 0.5) is 0 Å². The number of hydrogen-bond donors (Lipinski definition) is 1. The Morgan fingerprint density at radius 2 is 1.69 bits per heavy atom. The zero-order valence-electron chi connectivity index (χ0n) is 18.3. The van der Waals surface area contributed by atoms with Gasteiger partial charge in [-0.15, -0.1) is 0 Å². The zero-order chi connectivity index (χ0) is 22.9. The minimum absolute atomic E-state index is 0.0115. The molecule has 2 aliphatic rings. The summed E-state index contributed by atoms with van der Waals surface area (Å²) in [6, 6.07) is 12.3. The molecule has 2 amide bonds. The first-order chi connectivity index (χ1) is 15.3. The van der Waals surface area contributed by atoms with Crippen molar-refractivity contribution >= 4 is 21.8 Å². The second-order valence-corrected chi connectivity index (χ2v) is 10.2. The number of benzene rings is 2. The standard InChI is InChI=1S/C24H28N2O5S/c1-16-7-3-4-8-18(16)14-25-32(29,30)22-13-17(11-12-21(22)31-2)15-26-23(27)19-9-5-6-10-20(19)24(26)28/h3-4,7-8,11-13,19-20,25H,5-6,9-10,14-15H2,1-2H3/t19-,20-/m1/s1. The molecule has 0 radical (unpaired) electrons. The fourth-order valence-corrected chi connectivity index (χ4v) is 5.88. The molecule has 0 unspecified atom stereocenters. The number of sulfonamides is 1. The van der Waals surface area contributed by atoms with E-state index in [-0.39, 0.29) is 47.4 Å². The molecular formula is C24H28N2O5S. The van der Waals surface area contributed by atoms with Crippen molar-refractivity contribution < 1.29 is 22.7 Å². The van der Waals surface area contributed by atoms with E-state index in [9.17, 15) is 18.0 Å². The summed E-state index contributed by atoms with van der Waals surface area (Å²) in [4.78, 5) is 26.9. The molecule has 2 atom stereocenters. The predicted molar refractivity (Wildman–Crippen MR) is 119 cm³/mol. The molecule has 2 aromatic carbocycles. The first-order valence-electron chi connectivity index (χ1n) is 10.9. The van der Waals surface area contributed by atoms with Gasteiger partial charge in [-0.25, -0.2) is 13.1 Å². The van der Waals surface area contributed by atoms with Crippen LogP contribution < -0.4 is 9.46 Å². The van der Waals surface area contributed by atoms with Gasteiger partial charge in [-0.3, -0.25) is 14.5 Å². The van der Waals surface area contributed by atoms with Gasteiger partial charge >= 0.3 is 0 Å². The van der Waals surface area contributed by atoms with Crippen LogP contribution in [0.3, 0.4) is 0 Å². The molecule has 4 rings (SSSR count). The number of rotatable bonds is 7. The third kappa shape index (κ3) is 4.29. The number of amides is 2. The highest BCUT2D eigenvalue weighted by atomic mass is 32.2. The number of nitrogens with zero attached hydrogens (tertiary/aromatic N) is 1. The lowest BCUT2D eigenvalue weighted by Gasteiger charge is -2.19. The number of likely N-dealkylation sites (tertiary alicyclic amines) is 1. The lowest BCUT2D eigenvalue weighted by Crippen LogP contribution is -2.30. The van der Waals surface area contributed by atoms with Gasteiger partial charge in [0, 0.05) is 6.54 Å². The van der Waals surface area contributed by atoms with Crippen LogP contribution in [-0.4, -0.2) is 32.2 Å². The van der Waals surface area contributed by atoms with Crippen LogP contribution >= 0.6 is 0 Å². The van der Waals surface area contributed by atoms with Crippen LogP contribution in [0.5, 0.6) is 5.75 Å². The summed E-state index contributed by atoms with van der Waals surface area (Å²) >= 11 is 0. The minimum Gasteiger partial charge on any atom is -0.495 e. The summed E-state index contributed by atoms with van der Waals surface area (Å²) in [5.74, 6) is -0.532. The van der Waals surface area contributed by atoms with Crippen molar-refractivity contribution in [1.82, 2.24) is 9.62 Å². The molecule has 1 N–H and O–H groups in total. The van der Waals surface area contributed by atoms with Crippen LogP contribution in [0, 0.1) is 18.8 Å². The van der Waals surface area contributed by atoms with Gasteiger partial charge < -0.3 is 4.74 Å². The van der Waals surface area contributed by atoms with Gasteiger partial charge in [0.05, 0.1) is 25.5 Å². The highest BCUT2D eigenvalue weighted by Gasteiger charge is 2.47. The van der Waals surface area contributed by atoms with E-state index in [4.69, 9.17) is 4.74 Å². The quantitative estimate of drug-likeness (QED) is 0.646. The number of nitrogens with one attached hydrogen (secondary N) is 1. The smallest absolute Gasteiger partial charge is 0.244 e. The summed E-state index contributed by atoms with van der Waals surface area (Å²) in [7, 11) is -2.48. The summed E-state index contributed by atoms with van der Waals surface area (Å²) in [6.45, 7) is 2.14. The summed E-state index contributed by atoms with van der Waals surface area (Å²) in [5, 5.41) is 0. The molecule has 170 valence electrons. The molecule has 7 nitrogen and oxygen atoms in total. The van der Waals surface area contributed by atoms with E-state index in [0.29, 0.717) is 5.56 Å². The lowest BCUT2D eigenvalue weighted by atomic mass is 9.81. The summed E-state index contributed by atoms with van der Waals surface area (Å²) in [5.41, 5.74) is 2.44. The molecule has 2 fully saturated rings. The van der Waals surface area contributed by atoms with Crippen molar-refractivity contribution in [3.8, 4) is 5.75 Å². The van der Waals surface area contributed by atoms with Crippen LogP contribution in [0.2, 0.25) is 0 Å². The van der Waals surface area contributed by atoms with Crippen LogP contribution in [0.1, 0.15) is 42.4 Å². The summed E-state index contributed by atoms with van der Waals surface area (Å²) in [6.07, 6.45) is 3.42. The Hall–Kier alpha value is -2.71. The maximum Gasteiger partial charge on any atom is 0.244 e. The van der Waals surface area contributed by atoms with Crippen molar-refractivity contribution in [1.29, 1.82) is 0 Å². The molecule has 2 aromatic rings. The summed E-state index contributed by atoms with van der Waals surface area (Å²) < 4.78 is 34.1. The van der Waals surface area contributed by atoms with E-state index in [1.807, 2.05) is 31.2 Å². The van der Waals surface area contributed by atoms with Gasteiger partial charge in [-0.2, -0.15) is 0 Å². The molecule has 1 saturated heterocycles. The van der Waals surface area contributed by atoms with E-state index >= 15 is 0 Å². The lowest BCUT2D eigenvalue weighted by molar-refractivity contribution is -0.140. The Kier molecular flexibility index (Phi) is 6.35. The third-order valence-electron chi connectivity index (χ3n) is 6.50. The molecule has 1 aliphatic carbocycles. The Labute approximate surface area is 188 Å². The highest BCUT2D eigenvalue weighted by Crippen LogP contribution is 2.39. The Balaban J connectivity index is 1.56. The van der Waals surface area contributed by atoms with E-state index in [0.717, 1.165) is 36.8 Å². The first kappa shape index (κ1) is 22.5. The maximum absolute atomic E-state index is 13.1. The van der Waals surface area contributed by atoms with Gasteiger partial charge in [0.15, 0.2) is 0 Å². The number of carbonyl (C=O) groups is 2. The molecule has 1 aliphatic heterocycles. The van der Waals surface area contributed by atoms with E-state index < -0.39 is 10.0 Å². The van der Waals surface area contributed by atoms with Crippen LogP contribution in [0.25, 0.3) is 0 Å². The van der Waals surface area contributed by atoms with Crippen LogP contribution in [0.15, 0.2) is 47.4 Å². The molecule has 1 saturated carbocycles. The first-order valence-corrected chi connectivity index (χ1v) is 12.4. The fraction of sp³-hybridized carbons (Fsp3) is 0.417. The topological polar surface area (TPSA) is 92.8 Å². The van der Waals surface area contributed by atoms with E-state index in [1.165, 1.54) is 18.1 Å². The van der Waals surface area contributed by atoms with E-state index in [1.54, 1.807) is 12.1 Å². The third-order valence-corrected chi connectivity index (χ3v) is 7.93. The van der Waals surface area contributed by atoms with Gasteiger partial charge in [0.25, 0.3) is 0 Å². The number of methoxy groups -OCH3 is 1. The number of fused-ring (bicyclic) bond motifs is 1. The number of carbonyl (C=O) groups excluding carboxylic acids is 2. The SMILES string of the molecule is COc1ccc(CN2C(=O)[C@@H]3CCCC[C@H]3C2=O)cc1S(=O)(=O)NCc1ccccc1C. The maximum atomic E-state index is 13.1. The molecule has 0 bridgehead atoms. The number of hydrogen-bond acceptors (Lipinski definition) is 5. The van der Waals surface area contributed by atoms with Gasteiger partial charge in [-0.1, -0.05) is 43.2 Å². The van der Waals surface area contributed by atoms with E-state index in [2.05, 4.69) is 4.72 Å². The van der Waals surface area contributed by atoms with Gasteiger partial charge in [-0.05, 0) is 48.6 Å². The normalized spacial score (nSPS) is 21.0. The second-order valence-electron chi connectivity index (χ2n) is 8.50. The molecular weight excluding hydrogens is 428 g/mol. The molecule has 0 spiro atoms. The van der Waals surface area contributed by atoms with Crippen molar-refractivity contribution in [3.63, 3.8) is 0 Å². The van der Waals surface area contributed by atoms with Gasteiger partial charge in [0.1, 0.15) is 10.6 Å². The predicted octanol–water partition coefficient (Wildman–Crippen LogP) is 3.16. The van der Waals surface area contributed by atoms with Crippen molar-refractivity contribution in [2.24, 2.45) is 11.8 Å². The zero-order valence-corrected chi connectivity index (χ0v) is 19.2. The Morgan fingerprint density at radius 1 is 1.03 bits per heavy atom. The second kappa shape index (κ2) is 9.03. The molecule has 32 heavy (non-hydrogen) atoms. The minimum atomic E-state index is -3.89. The number of ether oxygens (including phenoxy) is 1. The highest BCUT2D eigenvalue weighted by molar-refractivity contribution is 7.89. The van der Waals surface area contributed by atoms with Crippen molar-refractivity contribution in [3.05, 3.63) is 59.2 Å². The number of aryl methyl sites for hydroxylation is 1. The fourth-order valence-electron chi connectivity index (χ4n) is 4.66. The average Bonchev–Trinajstić information content (AvgIpc) is 3.03.